The van der Waals surface area contributed by atoms with Gasteiger partial charge in [0.2, 0.25) is 0 Å². The van der Waals surface area contributed by atoms with Gasteiger partial charge in [0.05, 0.1) is 29.3 Å². The third kappa shape index (κ3) is 2.69. The van der Waals surface area contributed by atoms with E-state index in [-0.39, 0.29) is 6.04 Å². The van der Waals surface area contributed by atoms with E-state index >= 15 is 0 Å². The van der Waals surface area contributed by atoms with Gasteiger partial charge in [-0.2, -0.15) is 0 Å². The highest BCUT2D eigenvalue weighted by Crippen LogP contribution is 2.36. The van der Waals surface area contributed by atoms with E-state index in [2.05, 4.69) is 46.4 Å². The summed E-state index contributed by atoms with van der Waals surface area (Å²) in [4.78, 5) is 13.8. The van der Waals surface area contributed by atoms with E-state index < -0.39 is 0 Å². The minimum Gasteiger partial charge on any atom is -0.442 e. The minimum atomic E-state index is -0.145. The van der Waals surface area contributed by atoms with E-state index in [0.29, 0.717) is 5.76 Å². The fourth-order valence-electron chi connectivity index (χ4n) is 3.87. The van der Waals surface area contributed by atoms with Crippen LogP contribution in [0.2, 0.25) is 0 Å². The van der Waals surface area contributed by atoms with Gasteiger partial charge < -0.3 is 4.42 Å². The van der Waals surface area contributed by atoms with Crippen LogP contribution in [0, 0.1) is 19.3 Å². The van der Waals surface area contributed by atoms with Gasteiger partial charge in [0.15, 0.2) is 12.2 Å². The second kappa shape index (κ2) is 6.61. The van der Waals surface area contributed by atoms with Gasteiger partial charge in [-0.05, 0) is 37.6 Å². The molecule has 0 aliphatic carbocycles. The van der Waals surface area contributed by atoms with Crippen molar-refractivity contribution in [2.24, 2.45) is 4.99 Å². The molecule has 0 bridgehead atoms. The fraction of sp³-hybridized carbons (Fsp3) is 0.125. The average molecular weight is 378 g/mol. The first-order valence-electron chi connectivity index (χ1n) is 9.38. The third-order valence-corrected chi connectivity index (χ3v) is 5.27. The van der Waals surface area contributed by atoms with Crippen molar-refractivity contribution in [3.05, 3.63) is 89.3 Å². The molecule has 5 rings (SSSR count). The zero-order valence-corrected chi connectivity index (χ0v) is 16.1. The van der Waals surface area contributed by atoms with Crippen LogP contribution in [0.5, 0.6) is 0 Å². The lowest BCUT2D eigenvalue weighted by atomic mass is 9.95. The van der Waals surface area contributed by atoms with E-state index in [1.165, 1.54) is 6.39 Å². The van der Waals surface area contributed by atoms with E-state index in [4.69, 9.17) is 15.8 Å². The summed E-state index contributed by atoms with van der Waals surface area (Å²) in [7, 11) is 0. The Kier molecular flexibility index (Phi) is 3.92. The normalized spacial score (nSPS) is 15.1. The Labute approximate surface area is 168 Å². The summed E-state index contributed by atoms with van der Waals surface area (Å²) in [5.74, 6) is 3.37. The van der Waals surface area contributed by atoms with Gasteiger partial charge in [-0.3, -0.25) is 9.56 Å². The molecule has 0 N–H and O–H groups in total. The van der Waals surface area contributed by atoms with Crippen LogP contribution >= 0.6 is 0 Å². The number of hydrogen-bond acceptors (Lipinski definition) is 4. The maximum atomic E-state index is 5.70. The number of nitrogens with zero attached hydrogens (tertiary/aromatic N) is 4. The quantitative estimate of drug-likeness (QED) is 0.474. The molecule has 0 spiro atoms. The Balaban J connectivity index is 1.83. The Hall–Kier alpha value is -3.91. The van der Waals surface area contributed by atoms with Crippen LogP contribution in [-0.4, -0.2) is 20.2 Å². The topological polar surface area (TPSA) is 56.2 Å². The van der Waals surface area contributed by atoms with Gasteiger partial charge in [0, 0.05) is 16.7 Å². The fourth-order valence-corrected chi connectivity index (χ4v) is 3.87. The van der Waals surface area contributed by atoms with Crippen LogP contribution in [0.15, 0.2) is 70.8 Å². The Morgan fingerprint density at radius 3 is 2.76 bits per heavy atom. The summed E-state index contributed by atoms with van der Waals surface area (Å²) in [6.07, 6.45) is 10.6. The summed E-state index contributed by atoms with van der Waals surface area (Å²) in [6.45, 7) is 4.17. The largest absolute Gasteiger partial charge is 0.442 e. The van der Waals surface area contributed by atoms with Crippen LogP contribution in [0.1, 0.15) is 40.9 Å². The van der Waals surface area contributed by atoms with Crippen LogP contribution in [0.3, 0.4) is 0 Å². The lowest BCUT2D eigenvalue weighted by Gasteiger charge is -2.13. The molecular formula is C24H18N4O. The van der Waals surface area contributed by atoms with Crippen molar-refractivity contribution in [1.82, 2.24) is 14.5 Å². The molecule has 0 saturated carbocycles. The molecular weight excluding hydrogens is 360 g/mol. The first-order chi connectivity index (χ1) is 14.2. The Morgan fingerprint density at radius 2 is 2.00 bits per heavy atom. The lowest BCUT2D eigenvalue weighted by molar-refractivity contribution is 0.568. The smallest absolute Gasteiger partial charge is 0.181 e. The summed E-state index contributed by atoms with van der Waals surface area (Å²) >= 11 is 0. The van der Waals surface area contributed by atoms with Crippen molar-refractivity contribution in [3.63, 3.8) is 0 Å². The number of terminal acetylenes is 1. The highest BCUT2D eigenvalue weighted by Gasteiger charge is 2.28. The number of imidazole rings is 1. The molecule has 0 unspecified atom stereocenters. The first-order valence-corrected chi connectivity index (χ1v) is 9.38. The molecule has 4 aromatic rings. The number of benzene rings is 2. The second-order valence-corrected chi connectivity index (χ2v) is 7.06. The van der Waals surface area contributed by atoms with Gasteiger partial charge in [-0.15, -0.1) is 6.42 Å². The van der Waals surface area contributed by atoms with Gasteiger partial charge in [0.1, 0.15) is 12.0 Å². The maximum absolute atomic E-state index is 5.70. The molecule has 1 atom stereocenters. The molecule has 2 aromatic heterocycles. The van der Waals surface area contributed by atoms with Crippen molar-refractivity contribution in [1.29, 1.82) is 0 Å². The van der Waals surface area contributed by atoms with Gasteiger partial charge in [0.25, 0.3) is 0 Å². The summed E-state index contributed by atoms with van der Waals surface area (Å²) in [6, 6.07) is 14.1. The van der Waals surface area contributed by atoms with E-state index in [9.17, 15) is 0 Å². The number of aromatic nitrogens is 3. The molecule has 0 saturated heterocycles. The summed E-state index contributed by atoms with van der Waals surface area (Å²) < 4.78 is 7.60. The number of fused-ring (bicyclic) bond motifs is 3. The standard InChI is InChI=1S/C24H18N4O/c1-4-17-9-10-20-19(11-17)22(18-8-6-5-7-15(18)2)27-16(3)24-23(26-13-28(20)24)21-12-25-14-29-21/h1,5-14,16H,2-3H3/t16-/m0/s1. The zero-order chi connectivity index (χ0) is 20.0. The summed E-state index contributed by atoms with van der Waals surface area (Å²) in [5.41, 5.74) is 7.68. The second-order valence-electron chi connectivity index (χ2n) is 7.06. The predicted octanol–water partition coefficient (Wildman–Crippen LogP) is 4.73. The molecule has 5 heteroatoms. The Morgan fingerprint density at radius 1 is 1.14 bits per heavy atom. The molecule has 5 nitrogen and oxygen atoms in total. The van der Waals surface area contributed by atoms with Crippen LogP contribution in [0.25, 0.3) is 17.1 Å². The van der Waals surface area contributed by atoms with Crippen molar-refractivity contribution in [3.8, 4) is 29.5 Å². The zero-order valence-electron chi connectivity index (χ0n) is 16.1. The highest BCUT2D eigenvalue weighted by molar-refractivity contribution is 6.16. The average Bonchev–Trinajstić information content (AvgIpc) is 3.39. The molecule has 3 heterocycles. The third-order valence-electron chi connectivity index (χ3n) is 5.27. The van der Waals surface area contributed by atoms with Gasteiger partial charge in [-0.25, -0.2) is 9.97 Å². The van der Waals surface area contributed by atoms with Crippen molar-refractivity contribution >= 4 is 5.71 Å². The monoisotopic (exact) mass is 378 g/mol. The van der Waals surface area contributed by atoms with E-state index in [1.54, 1.807) is 6.20 Å². The molecule has 1 aliphatic rings. The van der Waals surface area contributed by atoms with Crippen molar-refractivity contribution < 1.29 is 4.42 Å². The molecule has 1 aliphatic heterocycles. The lowest BCUT2D eigenvalue weighted by Crippen LogP contribution is -2.09. The van der Waals surface area contributed by atoms with Crippen LogP contribution < -0.4 is 0 Å². The van der Waals surface area contributed by atoms with Crippen LogP contribution in [0.4, 0.5) is 0 Å². The van der Waals surface area contributed by atoms with E-state index in [0.717, 1.165) is 45.0 Å². The highest BCUT2D eigenvalue weighted by atomic mass is 16.3. The number of rotatable bonds is 2. The molecule has 29 heavy (non-hydrogen) atoms. The van der Waals surface area contributed by atoms with E-state index in [1.807, 2.05) is 36.7 Å². The van der Waals surface area contributed by atoms with Crippen molar-refractivity contribution in [2.75, 3.05) is 0 Å². The van der Waals surface area contributed by atoms with Crippen molar-refractivity contribution in [2.45, 2.75) is 19.9 Å². The number of aryl methyl sites for hydroxylation is 1. The Bertz CT molecular complexity index is 1290. The molecule has 2 aromatic carbocycles. The molecule has 0 amide bonds. The van der Waals surface area contributed by atoms with Crippen LogP contribution in [-0.2, 0) is 0 Å². The minimum absolute atomic E-state index is 0.145. The number of hydrogen-bond donors (Lipinski definition) is 0. The first kappa shape index (κ1) is 17.2. The van der Waals surface area contributed by atoms with Gasteiger partial charge in [-0.1, -0.05) is 30.2 Å². The number of oxazole rings is 1. The predicted molar refractivity (Wildman–Crippen MR) is 112 cm³/mol. The molecule has 0 radical (unpaired) electrons. The van der Waals surface area contributed by atoms with Gasteiger partial charge >= 0.3 is 0 Å². The maximum Gasteiger partial charge on any atom is 0.181 e. The SMILES string of the molecule is C#Cc1ccc2c(c1)C(c1ccccc1C)=N[C@@H](C)c1c(-c3cnco3)ncn1-2. The summed E-state index contributed by atoms with van der Waals surface area (Å²) in [5, 5.41) is 0. The number of aliphatic imine (C=N–C) groups is 1. The molecule has 140 valence electrons. The molecule has 0 fully saturated rings.